The van der Waals surface area contributed by atoms with E-state index in [1.807, 2.05) is 0 Å². The van der Waals surface area contributed by atoms with Crippen LogP contribution in [0.4, 0.5) is 0 Å². The summed E-state index contributed by atoms with van der Waals surface area (Å²) in [6.07, 6.45) is 2.51. The normalized spacial score (nSPS) is 18.2. The lowest BCUT2D eigenvalue weighted by molar-refractivity contribution is -0.0767. The molecule has 0 amide bonds. The van der Waals surface area contributed by atoms with Crippen LogP contribution >= 0.6 is 0 Å². The van der Waals surface area contributed by atoms with E-state index in [2.05, 4.69) is 39.9 Å². The summed E-state index contributed by atoms with van der Waals surface area (Å²) in [5.41, 5.74) is 0.00539. The Hall–Kier alpha value is -0.0800. The van der Waals surface area contributed by atoms with Gasteiger partial charge in [-0.2, -0.15) is 0 Å². The maximum Gasteiger partial charge on any atom is 0.0779 e. The third kappa shape index (κ3) is 5.27. The van der Waals surface area contributed by atoms with Gasteiger partial charge >= 0.3 is 0 Å². The smallest absolute Gasteiger partial charge is 0.0779 e. The topological polar surface area (TPSA) is 21.3 Å². The molecule has 0 aromatic heterocycles. The highest BCUT2D eigenvalue weighted by atomic mass is 16.5. The Morgan fingerprint density at radius 2 is 1.92 bits per heavy atom. The van der Waals surface area contributed by atoms with Crippen molar-refractivity contribution in [1.29, 1.82) is 0 Å². The number of hydrogen-bond donors (Lipinski definition) is 1. The first-order valence-electron chi connectivity index (χ1n) is 5.46. The van der Waals surface area contributed by atoms with Gasteiger partial charge in [0.05, 0.1) is 11.7 Å². The number of ether oxygens (including phenoxy) is 1. The van der Waals surface area contributed by atoms with Crippen molar-refractivity contribution in [1.82, 2.24) is 5.32 Å². The Morgan fingerprint density at radius 1 is 1.31 bits per heavy atom. The van der Waals surface area contributed by atoms with E-state index >= 15 is 0 Å². The van der Waals surface area contributed by atoms with Crippen LogP contribution in [0.1, 0.15) is 47.5 Å². The standard InChI is InChI=1S/C11H25NO/c1-6-10(4)13-11(5,7-2)9-12-8-3/h10,12H,6-9H2,1-5H3. The summed E-state index contributed by atoms with van der Waals surface area (Å²) in [7, 11) is 0. The van der Waals surface area contributed by atoms with Crippen LogP contribution in [0, 0.1) is 0 Å². The van der Waals surface area contributed by atoms with Gasteiger partial charge in [0.2, 0.25) is 0 Å². The SMILES string of the molecule is CCNCC(C)(CC)OC(C)CC. The molecule has 0 aliphatic rings. The summed E-state index contributed by atoms with van der Waals surface area (Å²) < 4.78 is 5.98. The van der Waals surface area contributed by atoms with E-state index in [0.29, 0.717) is 6.10 Å². The van der Waals surface area contributed by atoms with Gasteiger partial charge in [-0.3, -0.25) is 0 Å². The van der Waals surface area contributed by atoms with Crippen LogP contribution < -0.4 is 5.32 Å². The summed E-state index contributed by atoms with van der Waals surface area (Å²) >= 11 is 0. The average Bonchev–Trinajstić information content (AvgIpc) is 2.14. The van der Waals surface area contributed by atoms with Gasteiger partial charge < -0.3 is 10.1 Å². The molecule has 0 aromatic rings. The molecular weight excluding hydrogens is 162 g/mol. The Labute approximate surface area is 83.1 Å². The Kier molecular flexibility index (Phi) is 6.35. The molecule has 80 valence electrons. The monoisotopic (exact) mass is 187 g/mol. The summed E-state index contributed by atoms with van der Waals surface area (Å²) in [5.74, 6) is 0. The zero-order valence-electron chi connectivity index (χ0n) is 9.81. The van der Waals surface area contributed by atoms with Gasteiger partial charge in [0, 0.05) is 6.54 Å². The van der Waals surface area contributed by atoms with Crippen molar-refractivity contribution >= 4 is 0 Å². The maximum atomic E-state index is 5.98. The summed E-state index contributed by atoms with van der Waals surface area (Å²) in [6.45, 7) is 12.7. The van der Waals surface area contributed by atoms with Gasteiger partial charge in [0.15, 0.2) is 0 Å². The van der Waals surface area contributed by atoms with Crippen molar-refractivity contribution in [2.75, 3.05) is 13.1 Å². The van der Waals surface area contributed by atoms with E-state index < -0.39 is 0 Å². The second-order valence-corrected chi connectivity index (χ2v) is 3.92. The third-order valence-corrected chi connectivity index (χ3v) is 2.56. The highest BCUT2D eigenvalue weighted by molar-refractivity contribution is 4.77. The zero-order chi connectivity index (χ0) is 10.3. The molecule has 0 aliphatic carbocycles. The Morgan fingerprint density at radius 3 is 2.31 bits per heavy atom. The molecule has 1 N–H and O–H groups in total. The lowest BCUT2D eigenvalue weighted by atomic mass is 10.0. The van der Waals surface area contributed by atoms with Gasteiger partial charge in [-0.25, -0.2) is 0 Å². The minimum atomic E-state index is 0.00539. The second-order valence-electron chi connectivity index (χ2n) is 3.92. The van der Waals surface area contributed by atoms with Gasteiger partial charge in [0.1, 0.15) is 0 Å². The minimum absolute atomic E-state index is 0.00539. The molecule has 0 aliphatic heterocycles. The van der Waals surface area contributed by atoms with Gasteiger partial charge in [-0.05, 0) is 33.2 Å². The first-order valence-corrected chi connectivity index (χ1v) is 5.46. The molecule has 0 spiro atoms. The lowest BCUT2D eigenvalue weighted by Crippen LogP contribution is -2.42. The Bertz CT molecular complexity index is 127. The van der Waals surface area contributed by atoms with E-state index in [-0.39, 0.29) is 5.60 Å². The first-order chi connectivity index (χ1) is 6.08. The maximum absolute atomic E-state index is 5.98. The van der Waals surface area contributed by atoms with Crippen LogP contribution in [0.15, 0.2) is 0 Å². The van der Waals surface area contributed by atoms with Crippen molar-refractivity contribution < 1.29 is 4.74 Å². The van der Waals surface area contributed by atoms with Crippen LogP contribution in [0.25, 0.3) is 0 Å². The summed E-state index contributed by atoms with van der Waals surface area (Å²) in [6, 6.07) is 0. The quantitative estimate of drug-likeness (QED) is 0.661. The number of likely N-dealkylation sites (N-methyl/N-ethyl adjacent to an activating group) is 1. The lowest BCUT2D eigenvalue weighted by Gasteiger charge is -2.32. The molecule has 2 unspecified atom stereocenters. The fraction of sp³-hybridized carbons (Fsp3) is 1.00. The summed E-state index contributed by atoms with van der Waals surface area (Å²) in [4.78, 5) is 0. The third-order valence-electron chi connectivity index (χ3n) is 2.56. The van der Waals surface area contributed by atoms with Crippen molar-refractivity contribution in [3.63, 3.8) is 0 Å². The molecule has 0 radical (unpaired) electrons. The van der Waals surface area contributed by atoms with Crippen LogP contribution in [0.2, 0.25) is 0 Å². The van der Waals surface area contributed by atoms with E-state index in [9.17, 15) is 0 Å². The van der Waals surface area contributed by atoms with Crippen LogP contribution in [-0.2, 0) is 4.74 Å². The second kappa shape index (κ2) is 6.39. The zero-order valence-corrected chi connectivity index (χ0v) is 9.81. The molecule has 0 saturated heterocycles. The highest BCUT2D eigenvalue weighted by Gasteiger charge is 2.23. The van der Waals surface area contributed by atoms with Crippen LogP contribution in [0.5, 0.6) is 0 Å². The molecule has 2 nitrogen and oxygen atoms in total. The largest absolute Gasteiger partial charge is 0.371 e. The molecule has 0 fully saturated rings. The predicted octanol–water partition coefficient (Wildman–Crippen LogP) is 2.58. The molecule has 0 bridgehead atoms. The van der Waals surface area contributed by atoms with E-state index in [0.717, 1.165) is 25.9 Å². The fourth-order valence-electron chi connectivity index (χ4n) is 1.21. The van der Waals surface area contributed by atoms with Crippen molar-refractivity contribution in [2.45, 2.75) is 59.2 Å². The molecule has 0 saturated carbocycles. The van der Waals surface area contributed by atoms with Crippen molar-refractivity contribution in [3.05, 3.63) is 0 Å². The average molecular weight is 187 g/mol. The molecule has 2 heteroatoms. The fourth-order valence-corrected chi connectivity index (χ4v) is 1.21. The van der Waals surface area contributed by atoms with Gasteiger partial charge in [-0.15, -0.1) is 0 Å². The van der Waals surface area contributed by atoms with Crippen LogP contribution in [0.3, 0.4) is 0 Å². The minimum Gasteiger partial charge on any atom is -0.371 e. The van der Waals surface area contributed by atoms with Crippen molar-refractivity contribution in [2.24, 2.45) is 0 Å². The van der Waals surface area contributed by atoms with Crippen LogP contribution in [-0.4, -0.2) is 24.8 Å². The first kappa shape index (κ1) is 12.9. The molecular formula is C11H25NO. The molecule has 0 aromatic carbocycles. The predicted molar refractivity (Wildman–Crippen MR) is 58.1 cm³/mol. The van der Waals surface area contributed by atoms with Gasteiger partial charge in [0.25, 0.3) is 0 Å². The molecule has 0 heterocycles. The molecule has 0 rings (SSSR count). The van der Waals surface area contributed by atoms with E-state index in [4.69, 9.17) is 4.74 Å². The number of hydrogen-bond acceptors (Lipinski definition) is 2. The molecule has 13 heavy (non-hydrogen) atoms. The number of nitrogens with one attached hydrogen (secondary N) is 1. The molecule has 2 atom stereocenters. The van der Waals surface area contributed by atoms with Gasteiger partial charge in [-0.1, -0.05) is 20.8 Å². The highest BCUT2D eigenvalue weighted by Crippen LogP contribution is 2.17. The Balaban J connectivity index is 3.94. The number of rotatable bonds is 7. The summed E-state index contributed by atoms with van der Waals surface area (Å²) in [5, 5.41) is 3.34. The van der Waals surface area contributed by atoms with E-state index in [1.54, 1.807) is 0 Å². The van der Waals surface area contributed by atoms with Crippen molar-refractivity contribution in [3.8, 4) is 0 Å². The van der Waals surface area contributed by atoms with E-state index in [1.165, 1.54) is 0 Å².